The molecule has 0 spiro atoms. The summed E-state index contributed by atoms with van der Waals surface area (Å²) in [6, 6.07) is 8.17. The molecular formula is C13H16BrNOS. The van der Waals surface area contributed by atoms with Crippen molar-refractivity contribution in [2.75, 3.05) is 18.8 Å². The topological polar surface area (TPSA) is 20.3 Å². The molecule has 0 aromatic heterocycles. The Balaban J connectivity index is 1.76. The summed E-state index contributed by atoms with van der Waals surface area (Å²) in [6.45, 7) is 1.91. The average Bonchev–Trinajstić information content (AvgIpc) is 2.85. The van der Waals surface area contributed by atoms with Crippen molar-refractivity contribution in [3.05, 3.63) is 34.3 Å². The number of rotatable bonds is 4. The fourth-order valence-electron chi connectivity index (χ4n) is 1.92. The molecule has 1 aliphatic rings. The van der Waals surface area contributed by atoms with E-state index in [4.69, 9.17) is 0 Å². The number of carbonyl (C=O) groups is 1. The molecule has 1 saturated heterocycles. The van der Waals surface area contributed by atoms with Crippen LogP contribution in [0.1, 0.15) is 18.4 Å². The zero-order valence-corrected chi connectivity index (χ0v) is 12.1. The maximum Gasteiger partial charge on any atom is 0.232 e. The molecule has 1 fully saturated rings. The van der Waals surface area contributed by atoms with Crippen molar-refractivity contribution in [3.63, 3.8) is 0 Å². The number of benzene rings is 1. The number of nitrogens with zero attached hydrogens (tertiary/aromatic N) is 1. The van der Waals surface area contributed by atoms with Crippen molar-refractivity contribution in [2.24, 2.45) is 0 Å². The Hall–Kier alpha value is -0.480. The third kappa shape index (κ3) is 3.75. The summed E-state index contributed by atoms with van der Waals surface area (Å²) < 4.78 is 1.13. The fourth-order valence-corrected chi connectivity index (χ4v) is 3.46. The number of carbonyl (C=O) groups excluding carboxylic acids is 1. The summed E-state index contributed by atoms with van der Waals surface area (Å²) >= 11 is 5.22. The molecular weight excluding hydrogens is 298 g/mol. The smallest absolute Gasteiger partial charge is 0.232 e. The van der Waals surface area contributed by atoms with Crippen molar-refractivity contribution < 1.29 is 4.79 Å². The monoisotopic (exact) mass is 313 g/mol. The van der Waals surface area contributed by atoms with Gasteiger partial charge in [0.2, 0.25) is 5.91 Å². The summed E-state index contributed by atoms with van der Waals surface area (Å²) in [5.41, 5.74) is 1.26. The summed E-state index contributed by atoms with van der Waals surface area (Å²) in [6.07, 6.45) is 2.33. The van der Waals surface area contributed by atoms with Crippen LogP contribution < -0.4 is 0 Å². The number of halogens is 1. The quantitative estimate of drug-likeness (QED) is 0.850. The maximum absolute atomic E-state index is 11.8. The second-order valence-electron chi connectivity index (χ2n) is 4.17. The Morgan fingerprint density at radius 1 is 1.29 bits per heavy atom. The van der Waals surface area contributed by atoms with Gasteiger partial charge in [-0.05, 0) is 24.5 Å². The van der Waals surface area contributed by atoms with Crippen LogP contribution in [-0.2, 0) is 10.5 Å². The van der Waals surface area contributed by atoms with E-state index in [-0.39, 0.29) is 0 Å². The molecule has 0 unspecified atom stereocenters. The lowest BCUT2D eigenvalue weighted by Gasteiger charge is -2.14. The van der Waals surface area contributed by atoms with Crippen LogP contribution in [0.25, 0.3) is 0 Å². The van der Waals surface area contributed by atoms with Crippen molar-refractivity contribution in [1.82, 2.24) is 4.90 Å². The Bertz CT molecular complexity index is 391. The highest BCUT2D eigenvalue weighted by molar-refractivity contribution is 9.10. The van der Waals surface area contributed by atoms with Crippen LogP contribution in [0, 0.1) is 0 Å². The first-order chi connectivity index (χ1) is 8.27. The molecule has 92 valence electrons. The predicted molar refractivity (Wildman–Crippen MR) is 76.1 cm³/mol. The van der Waals surface area contributed by atoms with Crippen LogP contribution in [0.15, 0.2) is 28.7 Å². The van der Waals surface area contributed by atoms with Crippen molar-refractivity contribution in [1.29, 1.82) is 0 Å². The molecule has 1 aromatic rings. The molecule has 2 nitrogen and oxygen atoms in total. The molecule has 1 heterocycles. The van der Waals surface area contributed by atoms with E-state index in [9.17, 15) is 4.79 Å². The minimum absolute atomic E-state index is 0.291. The SMILES string of the molecule is O=C(CSCc1ccccc1Br)N1CCCC1. The molecule has 1 amide bonds. The van der Waals surface area contributed by atoms with E-state index < -0.39 is 0 Å². The second-order valence-corrected chi connectivity index (χ2v) is 6.01. The predicted octanol–water partition coefficient (Wildman–Crippen LogP) is 3.30. The second kappa shape index (κ2) is 6.45. The first kappa shape index (κ1) is 13.0. The van der Waals surface area contributed by atoms with Gasteiger partial charge in [0.05, 0.1) is 5.75 Å². The summed E-state index contributed by atoms with van der Waals surface area (Å²) in [5.74, 6) is 1.78. The number of hydrogen-bond acceptors (Lipinski definition) is 2. The first-order valence-electron chi connectivity index (χ1n) is 5.86. The molecule has 4 heteroatoms. The van der Waals surface area contributed by atoms with E-state index in [2.05, 4.69) is 22.0 Å². The van der Waals surface area contributed by atoms with Crippen LogP contribution >= 0.6 is 27.7 Å². The Morgan fingerprint density at radius 2 is 2.00 bits per heavy atom. The molecule has 1 aliphatic heterocycles. The van der Waals surface area contributed by atoms with E-state index in [0.717, 1.165) is 23.3 Å². The van der Waals surface area contributed by atoms with Gasteiger partial charge in [0.1, 0.15) is 0 Å². The van der Waals surface area contributed by atoms with Gasteiger partial charge in [-0.2, -0.15) is 0 Å². The van der Waals surface area contributed by atoms with Gasteiger partial charge in [-0.3, -0.25) is 4.79 Å². The number of hydrogen-bond donors (Lipinski definition) is 0. The van der Waals surface area contributed by atoms with Crippen LogP contribution in [0.4, 0.5) is 0 Å². The van der Waals surface area contributed by atoms with Crippen LogP contribution in [0.5, 0.6) is 0 Å². The summed E-state index contributed by atoms with van der Waals surface area (Å²) in [7, 11) is 0. The fraction of sp³-hybridized carbons (Fsp3) is 0.462. The van der Waals surface area contributed by atoms with Gasteiger partial charge in [0.15, 0.2) is 0 Å². The lowest BCUT2D eigenvalue weighted by atomic mass is 10.2. The van der Waals surface area contributed by atoms with Crippen LogP contribution in [-0.4, -0.2) is 29.6 Å². The first-order valence-corrected chi connectivity index (χ1v) is 7.81. The normalized spacial score (nSPS) is 15.2. The largest absolute Gasteiger partial charge is 0.342 e. The van der Waals surface area contributed by atoms with Crippen LogP contribution in [0.2, 0.25) is 0 Å². The number of amides is 1. The van der Waals surface area contributed by atoms with Gasteiger partial charge in [-0.15, -0.1) is 11.8 Å². The van der Waals surface area contributed by atoms with Gasteiger partial charge in [-0.1, -0.05) is 34.1 Å². The lowest BCUT2D eigenvalue weighted by molar-refractivity contribution is -0.127. The zero-order valence-electron chi connectivity index (χ0n) is 9.69. The third-order valence-electron chi connectivity index (χ3n) is 2.90. The number of likely N-dealkylation sites (tertiary alicyclic amines) is 1. The van der Waals surface area contributed by atoms with Crippen molar-refractivity contribution >= 4 is 33.6 Å². The van der Waals surface area contributed by atoms with Crippen molar-refractivity contribution in [3.8, 4) is 0 Å². The van der Waals surface area contributed by atoms with E-state index in [1.165, 1.54) is 18.4 Å². The molecule has 17 heavy (non-hydrogen) atoms. The Kier molecular flexibility index (Phi) is 4.92. The standard InChI is InChI=1S/C13H16BrNOS/c14-12-6-2-1-5-11(12)9-17-10-13(16)15-7-3-4-8-15/h1-2,5-6H,3-4,7-10H2. The lowest BCUT2D eigenvalue weighted by Crippen LogP contribution is -2.29. The van der Waals surface area contributed by atoms with Gasteiger partial charge >= 0.3 is 0 Å². The molecule has 0 bridgehead atoms. The Morgan fingerprint density at radius 3 is 2.71 bits per heavy atom. The number of thioether (sulfide) groups is 1. The highest BCUT2D eigenvalue weighted by Gasteiger charge is 2.17. The van der Waals surface area contributed by atoms with Crippen molar-refractivity contribution in [2.45, 2.75) is 18.6 Å². The van der Waals surface area contributed by atoms with Gasteiger partial charge in [0, 0.05) is 23.3 Å². The minimum Gasteiger partial charge on any atom is -0.342 e. The summed E-state index contributed by atoms with van der Waals surface area (Å²) in [5, 5.41) is 0. The molecule has 0 radical (unpaired) electrons. The van der Waals surface area contributed by atoms with E-state index >= 15 is 0 Å². The average molecular weight is 314 g/mol. The van der Waals surface area contributed by atoms with Gasteiger partial charge < -0.3 is 4.90 Å². The minimum atomic E-state index is 0.291. The van der Waals surface area contributed by atoms with E-state index in [1.54, 1.807) is 11.8 Å². The third-order valence-corrected chi connectivity index (χ3v) is 4.64. The van der Waals surface area contributed by atoms with E-state index in [0.29, 0.717) is 11.7 Å². The Labute approximate surface area is 115 Å². The van der Waals surface area contributed by atoms with Crippen LogP contribution in [0.3, 0.4) is 0 Å². The zero-order chi connectivity index (χ0) is 12.1. The molecule has 0 atom stereocenters. The highest BCUT2D eigenvalue weighted by Crippen LogP contribution is 2.21. The molecule has 0 N–H and O–H groups in total. The molecule has 1 aromatic carbocycles. The highest BCUT2D eigenvalue weighted by atomic mass is 79.9. The van der Waals surface area contributed by atoms with Gasteiger partial charge in [-0.25, -0.2) is 0 Å². The van der Waals surface area contributed by atoms with E-state index in [1.807, 2.05) is 23.1 Å². The van der Waals surface area contributed by atoms with Gasteiger partial charge in [0.25, 0.3) is 0 Å². The maximum atomic E-state index is 11.8. The molecule has 2 rings (SSSR count). The summed E-state index contributed by atoms with van der Waals surface area (Å²) in [4.78, 5) is 13.8. The molecule has 0 aliphatic carbocycles. The molecule has 0 saturated carbocycles.